The molecule has 0 amide bonds. The molecule has 4 nitrogen and oxygen atoms in total. The van der Waals surface area contributed by atoms with Gasteiger partial charge < -0.3 is 9.73 Å². The Morgan fingerprint density at radius 2 is 2.19 bits per heavy atom. The molecule has 0 bridgehead atoms. The molecule has 1 aliphatic carbocycles. The number of thioether (sulfide) groups is 1. The number of nitrogens with zero attached hydrogens (tertiary/aromatic N) is 2. The molecular weight excluding hydrogens is 350 g/mol. The molecule has 6 heteroatoms. The minimum absolute atomic E-state index is 0.554. The molecular formula is C15H18BrN3OS. The fourth-order valence-corrected chi connectivity index (χ4v) is 4.15. The smallest absolute Gasteiger partial charge is 0.248 e. The van der Waals surface area contributed by atoms with E-state index in [1.54, 1.807) is 0 Å². The van der Waals surface area contributed by atoms with Crippen molar-refractivity contribution >= 4 is 27.7 Å². The van der Waals surface area contributed by atoms with Gasteiger partial charge in [0.2, 0.25) is 11.8 Å². The normalized spacial score (nSPS) is 21.8. The number of aromatic nitrogens is 2. The molecule has 2 aromatic rings. The summed E-state index contributed by atoms with van der Waals surface area (Å²) in [6.45, 7) is 0.638. The van der Waals surface area contributed by atoms with E-state index < -0.39 is 0 Å². The molecule has 112 valence electrons. The molecule has 0 radical (unpaired) electrons. The van der Waals surface area contributed by atoms with Gasteiger partial charge in [-0.15, -0.1) is 10.2 Å². The van der Waals surface area contributed by atoms with Crippen molar-refractivity contribution in [2.75, 3.05) is 6.26 Å². The quantitative estimate of drug-likeness (QED) is 0.868. The average molecular weight is 368 g/mol. The van der Waals surface area contributed by atoms with Crippen molar-refractivity contribution in [3.05, 3.63) is 34.6 Å². The predicted octanol–water partition coefficient (Wildman–Crippen LogP) is 3.87. The number of nitrogens with one attached hydrogen (secondary N) is 1. The third-order valence-electron chi connectivity index (χ3n) is 3.84. The Morgan fingerprint density at radius 1 is 1.33 bits per heavy atom. The highest BCUT2D eigenvalue weighted by Gasteiger charge is 2.26. The van der Waals surface area contributed by atoms with Gasteiger partial charge in [-0.3, -0.25) is 0 Å². The number of hydrogen-bond donors (Lipinski definition) is 1. The van der Waals surface area contributed by atoms with Crippen LogP contribution in [0.15, 0.2) is 33.2 Å². The summed E-state index contributed by atoms with van der Waals surface area (Å²) < 4.78 is 6.72. The monoisotopic (exact) mass is 367 g/mol. The molecule has 1 N–H and O–H groups in total. The van der Waals surface area contributed by atoms with Crippen LogP contribution in [0.1, 0.15) is 25.2 Å². The molecule has 1 aromatic carbocycles. The predicted molar refractivity (Wildman–Crippen MR) is 89.2 cm³/mol. The molecule has 3 rings (SSSR count). The molecule has 1 heterocycles. The summed E-state index contributed by atoms with van der Waals surface area (Å²) in [5.41, 5.74) is 0.930. The third-order valence-corrected chi connectivity index (χ3v) is 5.70. The summed E-state index contributed by atoms with van der Waals surface area (Å²) in [5, 5.41) is 12.5. The Hall–Kier alpha value is -0.850. The average Bonchev–Trinajstić information content (AvgIpc) is 3.14. The van der Waals surface area contributed by atoms with E-state index in [-0.39, 0.29) is 0 Å². The van der Waals surface area contributed by atoms with E-state index in [1.165, 1.54) is 19.3 Å². The first-order valence-electron chi connectivity index (χ1n) is 7.11. The maximum atomic E-state index is 5.76. The molecule has 1 saturated carbocycles. The molecule has 21 heavy (non-hydrogen) atoms. The molecule has 1 aromatic heterocycles. The maximum absolute atomic E-state index is 5.76. The number of halogens is 1. The zero-order valence-electron chi connectivity index (χ0n) is 11.9. The van der Waals surface area contributed by atoms with Crippen molar-refractivity contribution < 1.29 is 4.42 Å². The number of rotatable bonds is 5. The minimum Gasteiger partial charge on any atom is -0.419 e. The number of benzene rings is 1. The van der Waals surface area contributed by atoms with Crippen molar-refractivity contribution in [2.24, 2.45) is 0 Å². The van der Waals surface area contributed by atoms with Gasteiger partial charge >= 0.3 is 0 Å². The lowest BCUT2D eigenvalue weighted by Gasteiger charge is -2.17. The van der Waals surface area contributed by atoms with E-state index in [0.29, 0.717) is 29.6 Å². The standard InChI is InChI=1S/C15H18BrN3OS/c1-21-13-8-4-7-12(13)17-9-14-18-19-15(20-14)10-5-2-3-6-11(10)16/h2-3,5-6,12-13,17H,4,7-9H2,1H3. The van der Waals surface area contributed by atoms with Crippen LogP contribution in [0.2, 0.25) is 0 Å². The van der Waals surface area contributed by atoms with Crippen molar-refractivity contribution in [1.82, 2.24) is 15.5 Å². The van der Waals surface area contributed by atoms with Crippen LogP contribution >= 0.6 is 27.7 Å². The summed E-state index contributed by atoms with van der Waals surface area (Å²) in [6.07, 6.45) is 6.01. The summed E-state index contributed by atoms with van der Waals surface area (Å²) >= 11 is 5.45. The molecule has 2 atom stereocenters. The number of hydrogen-bond acceptors (Lipinski definition) is 5. The van der Waals surface area contributed by atoms with Crippen LogP contribution in [-0.2, 0) is 6.54 Å². The van der Waals surface area contributed by atoms with Crippen LogP contribution in [0.25, 0.3) is 11.5 Å². The Balaban J connectivity index is 1.64. The van der Waals surface area contributed by atoms with Gasteiger partial charge in [0.25, 0.3) is 0 Å². The molecule has 0 aliphatic heterocycles. The summed E-state index contributed by atoms with van der Waals surface area (Å²) in [7, 11) is 0. The van der Waals surface area contributed by atoms with E-state index in [1.807, 2.05) is 36.0 Å². The van der Waals surface area contributed by atoms with Crippen molar-refractivity contribution in [2.45, 2.75) is 37.1 Å². The van der Waals surface area contributed by atoms with Crippen molar-refractivity contribution in [1.29, 1.82) is 0 Å². The van der Waals surface area contributed by atoms with Gasteiger partial charge in [-0.1, -0.05) is 18.6 Å². The lowest BCUT2D eigenvalue weighted by atomic mass is 10.2. The second kappa shape index (κ2) is 6.94. The Bertz CT molecular complexity index is 604. The summed E-state index contributed by atoms with van der Waals surface area (Å²) in [4.78, 5) is 0. The summed E-state index contributed by atoms with van der Waals surface area (Å²) in [6, 6.07) is 8.42. The highest BCUT2D eigenvalue weighted by atomic mass is 79.9. The second-order valence-corrected chi connectivity index (χ2v) is 7.10. The lowest BCUT2D eigenvalue weighted by Crippen LogP contribution is -2.33. The summed E-state index contributed by atoms with van der Waals surface area (Å²) in [5.74, 6) is 1.21. The van der Waals surface area contributed by atoms with E-state index >= 15 is 0 Å². The van der Waals surface area contributed by atoms with E-state index in [0.717, 1.165) is 10.0 Å². The van der Waals surface area contributed by atoms with Crippen molar-refractivity contribution in [3.63, 3.8) is 0 Å². The van der Waals surface area contributed by atoms with Crippen LogP contribution in [0, 0.1) is 0 Å². The topological polar surface area (TPSA) is 51.0 Å². The van der Waals surface area contributed by atoms with Crippen LogP contribution in [-0.4, -0.2) is 27.7 Å². The van der Waals surface area contributed by atoms with Gasteiger partial charge in [0.05, 0.1) is 12.1 Å². The fourth-order valence-electron chi connectivity index (χ4n) is 2.73. The van der Waals surface area contributed by atoms with Gasteiger partial charge in [-0.2, -0.15) is 11.8 Å². The molecule has 2 unspecified atom stereocenters. The molecule has 0 saturated heterocycles. The minimum atomic E-state index is 0.554. The molecule has 0 spiro atoms. The fraction of sp³-hybridized carbons (Fsp3) is 0.467. The Kier molecular flexibility index (Phi) is 4.98. The first kappa shape index (κ1) is 15.1. The SMILES string of the molecule is CSC1CCCC1NCc1nnc(-c2ccccc2Br)o1. The van der Waals surface area contributed by atoms with Crippen LogP contribution in [0.4, 0.5) is 0 Å². The molecule has 1 aliphatic rings. The Morgan fingerprint density at radius 3 is 3.00 bits per heavy atom. The van der Waals surface area contributed by atoms with Gasteiger partial charge in [0, 0.05) is 15.8 Å². The largest absolute Gasteiger partial charge is 0.419 e. The first-order chi connectivity index (χ1) is 10.3. The highest BCUT2D eigenvalue weighted by molar-refractivity contribution is 9.10. The third kappa shape index (κ3) is 3.49. The maximum Gasteiger partial charge on any atom is 0.248 e. The zero-order valence-corrected chi connectivity index (χ0v) is 14.3. The van der Waals surface area contributed by atoms with E-state index in [2.05, 4.69) is 37.7 Å². The van der Waals surface area contributed by atoms with Crippen molar-refractivity contribution in [3.8, 4) is 11.5 Å². The van der Waals surface area contributed by atoms with Gasteiger partial charge in [0.1, 0.15) is 0 Å². The van der Waals surface area contributed by atoms with Gasteiger partial charge in [0.15, 0.2) is 0 Å². The van der Waals surface area contributed by atoms with Crippen LogP contribution in [0.3, 0.4) is 0 Å². The van der Waals surface area contributed by atoms with Crippen LogP contribution < -0.4 is 5.32 Å². The zero-order chi connectivity index (χ0) is 14.7. The van der Waals surface area contributed by atoms with Crippen LogP contribution in [0.5, 0.6) is 0 Å². The van der Waals surface area contributed by atoms with E-state index in [9.17, 15) is 0 Å². The highest BCUT2D eigenvalue weighted by Crippen LogP contribution is 2.29. The van der Waals surface area contributed by atoms with E-state index in [4.69, 9.17) is 4.42 Å². The lowest BCUT2D eigenvalue weighted by molar-refractivity contribution is 0.443. The van der Waals surface area contributed by atoms with Gasteiger partial charge in [-0.05, 0) is 47.2 Å². The Labute approximate surface area is 137 Å². The van der Waals surface area contributed by atoms with Gasteiger partial charge in [-0.25, -0.2) is 0 Å². The first-order valence-corrected chi connectivity index (χ1v) is 9.19. The second-order valence-electron chi connectivity index (χ2n) is 5.17. The molecule has 1 fully saturated rings.